The van der Waals surface area contributed by atoms with Gasteiger partial charge in [0.1, 0.15) is 5.82 Å². The molecule has 0 bridgehead atoms. The number of anilines is 1. The van der Waals surface area contributed by atoms with Crippen LogP contribution in [-0.4, -0.2) is 74.3 Å². The Bertz CT molecular complexity index is 1670. The maximum atomic E-state index is 13.4. The van der Waals surface area contributed by atoms with Crippen LogP contribution < -0.4 is 14.4 Å². The van der Waals surface area contributed by atoms with E-state index in [1.54, 1.807) is 26.0 Å². The molecule has 2 heterocycles. The SMILES string of the molecule is CCOC(=O)C1CCCN(C(=O)c2cccc(CSc3nc(-c4ccccc4)cc(N(C)CCc4ccc(OC)c(OC)c4)n3)c2)C1. The number of hydrogen-bond donors (Lipinski definition) is 0. The minimum Gasteiger partial charge on any atom is -0.493 e. The van der Waals surface area contributed by atoms with Gasteiger partial charge in [-0.1, -0.05) is 60.3 Å². The third-order valence-corrected chi connectivity index (χ3v) is 9.13. The number of carbonyl (C=O) groups is 2. The zero-order valence-corrected chi connectivity index (χ0v) is 28.3. The molecule has 1 fully saturated rings. The van der Waals surface area contributed by atoms with Crippen molar-refractivity contribution in [3.63, 3.8) is 0 Å². The van der Waals surface area contributed by atoms with E-state index in [4.69, 9.17) is 24.2 Å². The number of ether oxygens (including phenoxy) is 3. The van der Waals surface area contributed by atoms with E-state index in [1.165, 1.54) is 11.8 Å². The zero-order chi connectivity index (χ0) is 33.2. The number of likely N-dealkylation sites (N-methyl/N-ethyl adjacent to an activating group) is 1. The van der Waals surface area contributed by atoms with E-state index in [2.05, 4.69) is 11.0 Å². The first-order chi connectivity index (χ1) is 22.9. The number of thioether (sulfide) groups is 1. The molecular formula is C37H42N4O5S. The van der Waals surface area contributed by atoms with Gasteiger partial charge in [-0.2, -0.15) is 0 Å². The van der Waals surface area contributed by atoms with Crippen LogP contribution in [-0.2, 0) is 21.7 Å². The van der Waals surface area contributed by atoms with E-state index < -0.39 is 0 Å². The second-order valence-electron chi connectivity index (χ2n) is 11.5. The first-order valence-electron chi connectivity index (χ1n) is 15.9. The number of benzene rings is 3. The lowest BCUT2D eigenvalue weighted by Crippen LogP contribution is -2.42. The highest BCUT2D eigenvalue weighted by molar-refractivity contribution is 7.98. The summed E-state index contributed by atoms with van der Waals surface area (Å²) in [4.78, 5) is 39.5. The summed E-state index contributed by atoms with van der Waals surface area (Å²) in [6.07, 6.45) is 2.32. The van der Waals surface area contributed by atoms with Crippen molar-refractivity contribution in [3.8, 4) is 22.8 Å². The summed E-state index contributed by atoms with van der Waals surface area (Å²) in [5.74, 6) is 2.28. The third-order valence-electron chi connectivity index (χ3n) is 8.21. The van der Waals surface area contributed by atoms with Crippen molar-refractivity contribution in [3.05, 3.63) is 95.6 Å². The Labute approximate surface area is 281 Å². The Morgan fingerprint density at radius 2 is 1.74 bits per heavy atom. The van der Waals surface area contributed by atoms with E-state index in [0.717, 1.165) is 54.0 Å². The highest BCUT2D eigenvalue weighted by Crippen LogP contribution is 2.30. The fraction of sp³-hybridized carbons (Fsp3) is 0.351. The largest absolute Gasteiger partial charge is 0.493 e. The number of rotatable bonds is 13. The van der Waals surface area contributed by atoms with Crippen molar-refractivity contribution in [2.75, 3.05) is 52.4 Å². The molecule has 0 N–H and O–H groups in total. The summed E-state index contributed by atoms with van der Waals surface area (Å²) < 4.78 is 16.1. The molecule has 246 valence electrons. The van der Waals surface area contributed by atoms with Crippen molar-refractivity contribution in [1.29, 1.82) is 0 Å². The molecule has 4 aromatic rings. The average Bonchev–Trinajstić information content (AvgIpc) is 3.13. The van der Waals surface area contributed by atoms with Crippen LogP contribution >= 0.6 is 11.8 Å². The maximum absolute atomic E-state index is 13.4. The van der Waals surface area contributed by atoms with E-state index in [9.17, 15) is 9.59 Å². The Kier molecular flexibility index (Phi) is 11.7. The summed E-state index contributed by atoms with van der Waals surface area (Å²) in [7, 11) is 5.31. The predicted molar refractivity (Wildman–Crippen MR) is 185 cm³/mol. The number of methoxy groups -OCH3 is 2. The second kappa shape index (κ2) is 16.3. The monoisotopic (exact) mass is 654 g/mol. The number of esters is 1. The van der Waals surface area contributed by atoms with Crippen molar-refractivity contribution in [2.45, 2.75) is 37.1 Å². The smallest absolute Gasteiger partial charge is 0.310 e. The summed E-state index contributed by atoms with van der Waals surface area (Å²) in [5.41, 5.74) is 4.61. The van der Waals surface area contributed by atoms with Crippen LogP contribution in [0.5, 0.6) is 11.5 Å². The Hall–Kier alpha value is -4.57. The number of aromatic nitrogens is 2. The minimum atomic E-state index is -0.271. The van der Waals surface area contributed by atoms with E-state index in [1.807, 2.05) is 79.8 Å². The summed E-state index contributed by atoms with van der Waals surface area (Å²) >= 11 is 1.54. The number of piperidine rings is 1. The standard InChI is InChI=1S/C37H42N4O5S/c1-5-46-36(43)30-15-10-19-41(24-30)35(42)29-14-9-11-27(21-29)25-47-37-38-31(28-12-7-6-8-13-28)23-34(39-37)40(2)20-18-26-16-17-32(44-3)33(22-26)45-4/h6-9,11-14,16-17,21-23,30H,5,10,15,18-20,24-25H2,1-4H3. The van der Waals surface area contributed by atoms with Crippen molar-refractivity contribution < 1.29 is 23.8 Å². The van der Waals surface area contributed by atoms with Gasteiger partial charge in [0.2, 0.25) is 0 Å². The van der Waals surface area contributed by atoms with Gasteiger partial charge in [0.05, 0.1) is 32.4 Å². The molecule has 5 rings (SSSR count). The van der Waals surface area contributed by atoms with Gasteiger partial charge >= 0.3 is 5.97 Å². The molecule has 1 atom stereocenters. The molecule has 0 aliphatic carbocycles. The molecular weight excluding hydrogens is 612 g/mol. The van der Waals surface area contributed by atoms with Gasteiger partial charge in [0.25, 0.3) is 5.91 Å². The summed E-state index contributed by atoms with van der Waals surface area (Å²) in [6, 6.07) is 25.8. The van der Waals surface area contributed by atoms with E-state index >= 15 is 0 Å². The Balaban J connectivity index is 1.30. The van der Waals surface area contributed by atoms with Gasteiger partial charge in [0.15, 0.2) is 16.7 Å². The zero-order valence-electron chi connectivity index (χ0n) is 27.5. The molecule has 1 aliphatic rings. The van der Waals surface area contributed by atoms with Gasteiger partial charge in [-0.3, -0.25) is 9.59 Å². The molecule has 1 unspecified atom stereocenters. The number of carbonyl (C=O) groups excluding carboxylic acids is 2. The second-order valence-corrected chi connectivity index (χ2v) is 12.4. The molecule has 1 amide bonds. The van der Waals surface area contributed by atoms with Crippen molar-refractivity contribution in [1.82, 2.24) is 14.9 Å². The van der Waals surface area contributed by atoms with Crippen LogP contribution in [0.4, 0.5) is 5.82 Å². The molecule has 9 nitrogen and oxygen atoms in total. The maximum Gasteiger partial charge on any atom is 0.310 e. The molecule has 47 heavy (non-hydrogen) atoms. The van der Waals surface area contributed by atoms with Crippen LogP contribution in [0.2, 0.25) is 0 Å². The topological polar surface area (TPSA) is 94.1 Å². The van der Waals surface area contributed by atoms with Crippen LogP contribution in [0.3, 0.4) is 0 Å². The van der Waals surface area contributed by atoms with Gasteiger partial charge < -0.3 is 24.0 Å². The van der Waals surface area contributed by atoms with Crippen LogP contribution in [0, 0.1) is 5.92 Å². The lowest BCUT2D eigenvalue weighted by Gasteiger charge is -2.31. The molecule has 10 heteroatoms. The van der Waals surface area contributed by atoms with E-state index in [0.29, 0.717) is 47.7 Å². The normalized spacial score (nSPS) is 14.4. The molecule has 0 saturated carbocycles. The summed E-state index contributed by atoms with van der Waals surface area (Å²) in [5, 5.41) is 0.657. The van der Waals surface area contributed by atoms with Crippen LogP contribution in [0.25, 0.3) is 11.3 Å². The molecule has 1 aromatic heterocycles. The first kappa shape index (κ1) is 33.8. The highest BCUT2D eigenvalue weighted by atomic mass is 32.2. The Morgan fingerprint density at radius 3 is 2.51 bits per heavy atom. The number of amides is 1. The van der Waals surface area contributed by atoms with Gasteiger partial charge in [-0.15, -0.1) is 0 Å². The lowest BCUT2D eigenvalue weighted by atomic mass is 9.97. The minimum absolute atomic E-state index is 0.0634. The first-order valence-corrected chi connectivity index (χ1v) is 16.9. The number of likely N-dealkylation sites (tertiary alicyclic amines) is 1. The van der Waals surface area contributed by atoms with E-state index in [-0.39, 0.29) is 17.8 Å². The molecule has 1 saturated heterocycles. The third kappa shape index (κ3) is 8.83. The van der Waals surface area contributed by atoms with Crippen molar-refractivity contribution >= 4 is 29.5 Å². The average molecular weight is 655 g/mol. The van der Waals surface area contributed by atoms with Crippen LogP contribution in [0.15, 0.2) is 84.0 Å². The van der Waals surface area contributed by atoms with Crippen LogP contribution in [0.1, 0.15) is 41.3 Å². The quantitative estimate of drug-likeness (QED) is 0.0904. The predicted octanol–water partition coefficient (Wildman–Crippen LogP) is 6.55. The van der Waals surface area contributed by atoms with Gasteiger partial charge in [0, 0.05) is 49.6 Å². The fourth-order valence-corrected chi connectivity index (χ4v) is 6.41. The molecule has 0 radical (unpaired) electrons. The van der Waals surface area contributed by atoms with Crippen molar-refractivity contribution in [2.24, 2.45) is 5.92 Å². The fourth-order valence-electron chi connectivity index (χ4n) is 5.62. The molecule has 3 aromatic carbocycles. The van der Waals surface area contributed by atoms with Gasteiger partial charge in [-0.25, -0.2) is 9.97 Å². The molecule has 0 spiro atoms. The number of hydrogen-bond acceptors (Lipinski definition) is 9. The Morgan fingerprint density at radius 1 is 0.936 bits per heavy atom. The molecule has 1 aliphatic heterocycles. The lowest BCUT2D eigenvalue weighted by molar-refractivity contribution is -0.149. The van der Waals surface area contributed by atoms with Gasteiger partial charge in [-0.05, 0) is 61.6 Å². The summed E-state index contributed by atoms with van der Waals surface area (Å²) in [6.45, 7) is 3.91. The number of nitrogens with zero attached hydrogens (tertiary/aromatic N) is 4. The highest BCUT2D eigenvalue weighted by Gasteiger charge is 2.30.